The largest absolute Gasteiger partial charge is 0.372 e. The highest BCUT2D eigenvalue weighted by atomic mass is 16.5. The van der Waals surface area contributed by atoms with Crippen molar-refractivity contribution in [3.8, 4) is 0 Å². The lowest BCUT2D eigenvalue weighted by Crippen LogP contribution is -2.13. The molecule has 0 spiro atoms. The SMILES string of the molecule is NCCOC1CCCCc2ccccc21. The molecule has 0 aromatic heterocycles. The molecule has 0 fully saturated rings. The average molecular weight is 205 g/mol. The maximum absolute atomic E-state index is 5.81. The molecule has 1 aliphatic rings. The van der Waals surface area contributed by atoms with Crippen LogP contribution in [0.1, 0.15) is 36.5 Å². The van der Waals surface area contributed by atoms with E-state index in [0.29, 0.717) is 13.2 Å². The lowest BCUT2D eigenvalue weighted by molar-refractivity contribution is 0.0518. The van der Waals surface area contributed by atoms with E-state index in [0.717, 1.165) is 6.42 Å². The smallest absolute Gasteiger partial charge is 0.0828 e. The van der Waals surface area contributed by atoms with Crippen molar-refractivity contribution < 1.29 is 4.74 Å². The summed E-state index contributed by atoms with van der Waals surface area (Å²) in [6.07, 6.45) is 5.13. The monoisotopic (exact) mass is 205 g/mol. The molecule has 0 bridgehead atoms. The van der Waals surface area contributed by atoms with Crippen LogP contribution < -0.4 is 5.73 Å². The van der Waals surface area contributed by atoms with Gasteiger partial charge in [0.25, 0.3) is 0 Å². The molecule has 1 aromatic rings. The van der Waals surface area contributed by atoms with Gasteiger partial charge in [0, 0.05) is 6.54 Å². The number of hydrogen-bond acceptors (Lipinski definition) is 2. The molecule has 1 atom stereocenters. The van der Waals surface area contributed by atoms with E-state index in [1.165, 1.54) is 30.4 Å². The molecule has 0 aliphatic heterocycles. The van der Waals surface area contributed by atoms with Crippen LogP contribution in [0.2, 0.25) is 0 Å². The average Bonchev–Trinajstić information content (AvgIpc) is 2.49. The van der Waals surface area contributed by atoms with Crippen molar-refractivity contribution >= 4 is 0 Å². The highest BCUT2D eigenvalue weighted by molar-refractivity contribution is 5.30. The van der Waals surface area contributed by atoms with Crippen molar-refractivity contribution in [3.05, 3.63) is 35.4 Å². The van der Waals surface area contributed by atoms with Crippen LogP contribution >= 0.6 is 0 Å². The van der Waals surface area contributed by atoms with Gasteiger partial charge in [-0.2, -0.15) is 0 Å². The number of rotatable bonds is 3. The lowest BCUT2D eigenvalue weighted by atomic mass is 10.0. The maximum atomic E-state index is 5.81. The topological polar surface area (TPSA) is 35.2 Å². The molecule has 2 nitrogen and oxygen atoms in total. The molecular weight excluding hydrogens is 186 g/mol. The predicted octanol–water partition coefficient (Wildman–Crippen LogP) is 2.43. The Morgan fingerprint density at radius 2 is 2.13 bits per heavy atom. The quantitative estimate of drug-likeness (QED) is 0.769. The zero-order valence-corrected chi connectivity index (χ0v) is 9.11. The zero-order chi connectivity index (χ0) is 10.5. The molecule has 0 saturated carbocycles. The van der Waals surface area contributed by atoms with Gasteiger partial charge in [-0.05, 0) is 30.4 Å². The number of ether oxygens (including phenoxy) is 1. The summed E-state index contributed by atoms with van der Waals surface area (Å²) >= 11 is 0. The summed E-state index contributed by atoms with van der Waals surface area (Å²) < 4.78 is 5.81. The van der Waals surface area contributed by atoms with Gasteiger partial charge in [0.2, 0.25) is 0 Å². The molecule has 2 heteroatoms. The number of hydrogen-bond donors (Lipinski definition) is 1. The van der Waals surface area contributed by atoms with Crippen LogP contribution in [0, 0.1) is 0 Å². The minimum atomic E-state index is 0.271. The van der Waals surface area contributed by atoms with Gasteiger partial charge in [-0.15, -0.1) is 0 Å². The van der Waals surface area contributed by atoms with E-state index >= 15 is 0 Å². The molecule has 1 aromatic carbocycles. The lowest BCUT2D eigenvalue weighted by Gasteiger charge is -2.17. The van der Waals surface area contributed by atoms with E-state index in [9.17, 15) is 0 Å². The van der Waals surface area contributed by atoms with Gasteiger partial charge in [0.05, 0.1) is 12.7 Å². The summed E-state index contributed by atoms with van der Waals surface area (Å²) in [6, 6.07) is 8.63. The summed E-state index contributed by atoms with van der Waals surface area (Å²) in [5, 5.41) is 0. The van der Waals surface area contributed by atoms with Gasteiger partial charge < -0.3 is 10.5 Å². The fourth-order valence-electron chi connectivity index (χ4n) is 2.26. The second-order valence-electron chi connectivity index (χ2n) is 4.09. The number of benzene rings is 1. The van der Waals surface area contributed by atoms with Crippen molar-refractivity contribution in [3.63, 3.8) is 0 Å². The van der Waals surface area contributed by atoms with Crippen molar-refractivity contribution in [2.24, 2.45) is 5.73 Å². The highest BCUT2D eigenvalue weighted by Gasteiger charge is 2.18. The van der Waals surface area contributed by atoms with Crippen LogP contribution in [-0.4, -0.2) is 13.2 Å². The summed E-state index contributed by atoms with van der Waals surface area (Å²) in [6.45, 7) is 1.28. The summed E-state index contributed by atoms with van der Waals surface area (Å²) in [7, 11) is 0. The Morgan fingerprint density at radius 3 is 3.00 bits per heavy atom. The third-order valence-electron chi connectivity index (χ3n) is 3.00. The molecule has 1 aliphatic carbocycles. The third kappa shape index (κ3) is 2.58. The fraction of sp³-hybridized carbons (Fsp3) is 0.538. The Morgan fingerprint density at radius 1 is 1.27 bits per heavy atom. The number of nitrogens with two attached hydrogens (primary N) is 1. The predicted molar refractivity (Wildman–Crippen MR) is 61.7 cm³/mol. The zero-order valence-electron chi connectivity index (χ0n) is 9.11. The first kappa shape index (κ1) is 10.7. The van der Waals surface area contributed by atoms with Crippen LogP contribution in [0.15, 0.2) is 24.3 Å². The summed E-state index contributed by atoms with van der Waals surface area (Å²) in [5.74, 6) is 0. The molecule has 0 saturated heterocycles. The molecule has 15 heavy (non-hydrogen) atoms. The first-order valence-electron chi connectivity index (χ1n) is 5.81. The molecule has 0 heterocycles. The summed E-state index contributed by atoms with van der Waals surface area (Å²) in [4.78, 5) is 0. The van der Waals surface area contributed by atoms with E-state index in [-0.39, 0.29) is 6.10 Å². The Balaban J connectivity index is 2.17. The van der Waals surface area contributed by atoms with E-state index in [1.807, 2.05) is 0 Å². The summed E-state index contributed by atoms with van der Waals surface area (Å²) in [5.41, 5.74) is 8.31. The third-order valence-corrected chi connectivity index (χ3v) is 3.00. The second-order valence-corrected chi connectivity index (χ2v) is 4.09. The van der Waals surface area contributed by atoms with Gasteiger partial charge in [-0.1, -0.05) is 30.7 Å². The fourth-order valence-corrected chi connectivity index (χ4v) is 2.26. The molecule has 2 rings (SSSR count). The van der Waals surface area contributed by atoms with Gasteiger partial charge in [-0.25, -0.2) is 0 Å². The number of aryl methyl sites for hydroxylation is 1. The van der Waals surface area contributed by atoms with E-state index < -0.39 is 0 Å². The highest BCUT2D eigenvalue weighted by Crippen LogP contribution is 2.30. The van der Waals surface area contributed by atoms with Crippen LogP contribution in [0.25, 0.3) is 0 Å². The van der Waals surface area contributed by atoms with Crippen LogP contribution in [-0.2, 0) is 11.2 Å². The van der Waals surface area contributed by atoms with Crippen molar-refractivity contribution in [1.82, 2.24) is 0 Å². The van der Waals surface area contributed by atoms with Gasteiger partial charge in [-0.3, -0.25) is 0 Å². The normalized spacial score (nSPS) is 20.7. The minimum Gasteiger partial charge on any atom is -0.372 e. The van der Waals surface area contributed by atoms with Gasteiger partial charge in [0.15, 0.2) is 0 Å². The molecule has 0 amide bonds. The van der Waals surface area contributed by atoms with Crippen LogP contribution in [0.5, 0.6) is 0 Å². The van der Waals surface area contributed by atoms with Gasteiger partial charge in [0.1, 0.15) is 0 Å². The standard InChI is InChI=1S/C13H19NO/c14-9-10-15-13-8-4-2-6-11-5-1-3-7-12(11)13/h1,3,5,7,13H,2,4,6,8-10,14H2. The molecule has 0 radical (unpaired) electrons. The number of fused-ring (bicyclic) bond motifs is 1. The van der Waals surface area contributed by atoms with Crippen molar-refractivity contribution in [2.45, 2.75) is 31.8 Å². The Labute approximate surface area is 91.4 Å². The Hall–Kier alpha value is -0.860. The second kappa shape index (κ2) is 5.29. The molecular formula is C13H19NO. The van der Waals surface area contributed by atoms with Crippen molar-refractivity contribution in [1.29, 1.82) is 0 Å². The van der Waals surface area contributed by atoms with Crippen LogP contribution in [0.4, 0.5) is 0 Å². The van der Waals surface area contributed by atoms with E-state index in [4.69, 9.17) is 10.5 Å². The Kier molecular flexibility index (Phi) is 3.75. The van der Waals surface area contributed by atoms with Crippen LogP contribution in [0.3, 0.4) is 0 Å². The first-order valence-corrected chi connectivity index (χ1v) is 5.81. The molecule has 2 N–H and O–H groups in total. The maximum Gasteiger partial charge on any atom is 0.0828 e. The van der Waals surface area contributed by atoms with Gasteiger partial charge >= 0.3 is 0 Å². The Bertz CT molecular complexity index is 311. The van der Waals surface area contributed by atoms with Crippen molar-refractivity contribution in [2.75, 3.05) is 13.2 Å². The molecule has 82 valence electrons. The van der Waals surface area contributed by atoms with E-state index in [1.54, 1.807) is 0 Å². The molecule has 1 unspecified atom stereocenters. The van der Waals surface area contributed by atoms with E-state index in [2.05, 4.69) is 24.3 Å². The first-order chi connectivity index (χ1) is 7.42. The minimum absolute atomic E-state index is 0.271.